The first-order valence-electron chi connectivity index (χ1n) is 9.40. The summed E-state index contributed by atoms with van der Waals surface area (Å²) in [5.74, 6) is 2.21. The van der Waals surface area contributed by atoms with E-state index in [-0.39, 0.29) is 18.3 Å². The Morgan fingerprint density at radius 3 is 2.43 bits per heavy atom. The van der Waals surface area contributed by atoms with Gasteiger partial charge in [-0.15, -0.1) is 12.4 Å². The number of hydrogen-bond acceptors (Lipinski definition) is 4. The van der Waals surface area contributed by atoms with Gasteiger partial charge < -0.3 is 20.1 Å². The first-order valence-corrected chi connectivity index (χ1v) is 9.40. The lowest BCUT2D eigenvalue weighted by Crippen LogP contribution is -2.30. The number of ether oxygens (including phenoxy) is 2. The Labute approximate surface area is 173 Å². The van der Waals surface area contributed by atoms with Crippen LogP contribution in [0.5, 0.6) is 11.5 Å². The summed E-state index contributed by atoms with van der Waals surface area (Å²) in [5.41, 5.74) is 8.32. The zero-order valence-electron chi connectivity index (χ0n) is 16.5. The smallest absolute Gasteiger partial charge is 0.222 e. The van der Waals surface area contributed by atoms with Crippen LogP contribution < -0.4 is 15.2 Å². The number of carbonyl (C=O) groups excluding carboxylic acids is 1. The summed E-state index contributed by atoms with van der Waals surface area (Å²) in [5, 5.41) is 0. The topological polar surface area (TPSA) is 64.8 Å². The van der Waals surface area contributed by atoms with Gasteiger partial charge in [-0.25, -0.2) is 0 Å². The molecule has 0 spiro atoms. The zero-order valence-corrected chi connectivity index (χ0v) is 17.3. The summed E-state index contributed by atoms with van der Waals surface area (Å²) >= 11 is 0. The molecular formula is C22H29ClN2O3. The monoisotopic (exact) mass is 404 g/mol. The van der Waals surface area contributed by atoms with Gasteiger partial charge in [0.05, 0.1) is 14.2 Å². The summed E-state index contributed by atoms with van der Waals surface area (Å²) < 4.78 is 10.6. The lowest BCUT2D eigenvalue weighted by atomic mass is 9.89. The van der Waals surface area contributed by atoms with Gasteiger partial charge in [0.25, 0.3) is 0 Å². The van der Waals surface area contributed by atoms with E-state index < -0.39 is 0 Å². The zero-order chi connectivity index (χ0) is 19.2. The first kappa shape index (κ1) is 22.1. The molecular weight excluding hydrogens is 376 g/mol. The average Bonchev–Trinajstić information content (AvgIpc) is 3.17. The van der Waals surface area contributed by atoms with E-state index in [4.69, 9.17) is 15.2 Å². The molecule has 0 radical (unpaired) electrons. The van der Waals surface area contributed by atoms with Crippen molar-refractivity contribution in [2.24, 2.45) is 11.7 Å². The maximum absolute atomic E-state index is 12.8. The summed E-state index contributed by atoms with van der Waals surface area (Å²) in [7, 11) is 3.24. The molecule has 5 nitrogen and oxygen atoms in total. The van der Waals surface area contributed by atoms with E-state index in [0.717, 1.165) is 18.7 Å². The van der Waals surface area contributed by atoms with Crippen LogP contribution in [0.3, 0.4) is 0 Å². The van der Waals surface area contributed by atoms with Crippen molar-refractivity contribution in [3.05, 3.63) is 59.7 Å². The fraction of sp³-hybridized carbons (Fsp3) is 0.409. The Balaban J connectivity index is 0.00000280. The van der Waals surface area contributed by atoms with Crippen LogP contribution in [0.25, 0.3) is 0 Å². The molecule has 0 unspecified atom stereocenters. The predicted molar refractivity (Wildman–Crippen MR) is 113 cm³/mol. The highest BCUT2D eigenvalue weighted by molar-refractivity contribution is 5.85. The number of carbonyl (C=O) groups is 1. The van der Waals surface area contributed by atoms with Crippen LogP contribution in [0, 0.1) is 5.92 Å². The van der Waals surface area contributed by atoms with Crippen molar-refractivity contribution >= 4 is 18.3 Å². The van der Waals surface area contributed by atoms with E-state index >= 15 is 0 Å². The first-order chi connectivity index (χ1) is 13.2. The molecule has 1 heterocycles. The number of nitrogens with two attached hydrogens (primary N) is 1. The van der Waals surface area contributed by atoms with Gasteiger partial charge in [0.2, 0.25) is 5.91 Å². The van der Waals surface area contributed by atoms with Gasteiger partial charge in [0.15, 0.2) is 11.5 Å². The van der Waals surface area contributed by atoms with Gasteiger partial charge in [-0.2, -0.15) is 0 Å². The molecule has 1 saturated heterocycles. The van der Waals surface area contributed by atoms with Crippen molar-refractivity contribution in [3.8, 4) is 11.5 Å². The van der Waals surface area contributed by atoms with Crippen molar-refractivity contribution < 1.29 is 14.3 Å². The largest absolute Gasteiger partial charge is 0.493 e. The molecule has 2 aromatic rings. The van der Waals surface area contributed by atoms with E-state index in [9.17, 15) is 4.79 Å². The third-order valence-electron chi connectivity index (χ3n) is 5.40. The SMILES string of the molecule is COc1ccc(CCC(=O)N2C[C@@H](CN)[C@H](c3ccccc3)C2)cc1OC.Cl. The number of rotatable bonds is 7. The van der Waals surface area contributed by atoms with Gasteiger partial charge in [-0.3, -0.25) is 4.79 Å². The lowest BCUT2D eigenvalue weighted by molar-refractivity contribution is -0.130. The van der Waals surface area contributed by atoms with E-state index in [0.29, 0.717) is 42.7 Å². The Morgan fingerprint density at radius 2 is 1.79 bits per heavy atom. The van der Waals surface area contributed by atoms with Crippen LogP contribution in [0.4, 0.5) is 0 Å². The molecule has 152 valence electrons. The van der Waals surface area contributed by atoms with E-state index in [1.807, 2.05) is 41.3 Å². The Morgan fingerprint density at radius 1 is 1.07 bits per heavy atom. The highest BCUT2D eigenvalue weighted by atomic mass is 35.5. The Hall–Kier alpha value is -2.24. The maximum atomic E-state index is 12.8. The quantitative estimate of drug-likeness (QED) is 0.769. The minimum atomic E-state index is 0. The summed E-state index contributed by atoms with van der Waals surface area (Å²) in [6.07, 6.45) is 1.16. The third kappa shape index (κ3) is 4.97. The van der Waals surface area contributed by atoms with Gasteiger partial charge in [-0.1, -0.05) is 36.4 Å². The molecule has 0 aromatic heterocycles. The van der Waals surface area contributed by atoms with E-state index in [1.165, 1.54) is 5.56 Å². The number of aryl methyl sites for hydroxylation is 1. The van der Waals surface area contributed by atoms with Crippen molar-refractivity contribution in [2.75, 3.05) is 33.9 Å². The minimum Gasteiger partial charge on any atom is -0.493 e. The summed E-state index contributed by atoms with van der Waals surface area (Å²) in [6.45, 7) is 2.08. The Bertz CT molecular complexity index is 770. The molecule has 0 bridgehead atoms. The van der Waals surface area contributed by atoms with Gasteiger partial charge in [0, 0.05) is 25.4 Å². The minimum absolute atomic E-state index is 0. The van der Waals surface area contributed by atoms with Crippen LogP contribution in [-0.2, 0) is 11.2 Å². The number of hydrogen-bond donors (Lipinski definition) is 1. The van der Waals surface area contributed by atoms with E-state index in [1.54, 1.807) is 14.2 Å². The highest BCUT2D eigenvalue weighted by Crippen LogP contribution is 2.33. The fourth-order valence-electron chi connectivity index (χ4n) is 3.84. The van der Waals surface area contributed by atoms with Gasteiger partial charge in [0.1, 0.15) is 0 Å². The van der Waals surface area contributed by atoms with Crippen LogP contribution in [0.1, 0.15) is 23.5 Å². The van der Waals surface area contributed by atoms with Crippen LogP contribution >= 0.6 is 12.4 Å². The standard InChI is InChI=1S/C22H28N2O3.ClH/c1-26-20-10-8-16(12-21(20)27-2)9-11-22(25)24-14-18(13-23)19(15-24)17-6-4-3-5-7-17;/h3-8,10,12,18-19H,9,11,13-15,23H2,1-2H3;1H/t18-,19+;/m1./s1. The molecule has 0 aliphatic carbocycles. The Kier molecular flexibility index (Phi) is 8.15. The third-order valence-corrected chi connectivity index (χ3v) is 5.40. The molecule has 1 amide bonds. The average molecular weight is 405 g/mol. The second-order valence-electron chi connectivity index (χ2n) is 7.00. The number of halogens is 1. The molecule has 1 fully saturated rings. The summed E-state index contributed by atoms with van der Waals surface area (Å²) in [4.78, 5) is 14.7. The second-order valence-corrected chi connectivity index (χ2v) is 7.00. The number of methoxy groups -OCH3 is 2. The van der Waals surface area contributed by atoms with Crippen LogP contribution in [0.2, 0.25) is 0 Å². The molecule has 6 heteroatoms. The second kappa shape index (κ2) is 10.3. The number of benzene rings is 2. The summed E-state index contributed by atoms with van der Waals surface area (Å²) in [6, 6.07) is 16.2. The lowest BCUT2D eigenvalue weighted by Gasteiger charge is -2.17. The molecule has 2 atom stereocenters. The van der Waals surface area contributed by atoms with E-state index in [2.05, 4.69) is 12.1 Å². The normalized spacial score (nSPS) is 18.5. The molecule has 2 N–H and O–H groups in total. The van der Waals surface area contributed by atoms with Crippen LogP contribution in [-0.4, -0.2) is 44.7 Å². The number of likely N-dealkylation sites (tertiary alicyclic amines) is 1. The molecule has 2 aromatic carbocycles. The van der Waals surface area contributed by atoms with Crippen molar-refractivity contribution in [2.45, 2.75) is 18.8 Å². The maximum Gasteiger partial charge on any atom is 0.222 e. The molecule has 3 rings (SSSR count). The molecule has 1 aliphatic rings. The number of nitrogens with zero attached hydrogens (tertiary/aromatic N) is 1. The van der Waals surface area contributed by atoms with Crippen molar-refractivity contribution in [1.29, 1.82) is 0 Å². The number of amides is 1. The molecule has 28 heavy (non-hydrogen) atoms. The van der Waals surface area contributed by atoms with Crippen molar-refractivity contribution in [3.63, 3.8) is 0 Å². The fourth-order valence-corrected chi connectivity index (χ4v) is 3.84. The molecule has 1 aliphatic heterocycles. The molecule has 0 saturated carbocycles. The van der Waals surface area contributed by atoms with Gasteiger partial charge >= 0.3 is 0 Å². The van der Waals surface area contributed by atoms with Crippen LogP contribution in [0.15, 0.2) is 48.5 Å². The highest BCUT2D eigenvalue weighted by Gasteiger charge is 2.34. The van der Waals surface area contributed by atoms with Gasteiger partial charge in [-0.05, 0) is 42.1 Å². The predicted octanol–water partition coefficient (Wildman–Crippen LogP) is 3.26. The van der Waals surface area contributed by atoms with Crippen molar-refractivity contribution in [1.82, 2.24) is 4.90 Å².